The van der Waals surface area contributed by atoms with Crippen LogP contribution in [0.5, 0.6) is 0 Å². The maximum absolute atomic E-state index is 12.1. The van der Waals surface area contributed by atoms with Crippen LogP contribution in [0.3, 0.4) is 0 Å². The Morgan fingerprint density at radius 2 is 1.84 bits per heavy atom. The Bertz CT molecular complexity index is 502. The number of imidazole rings is 1. The second kappa shape index (κ2) is 5.22. The zero-order valence-electron chi connectivity index (χ0n) is 11.0. The van der Waals surface area contributed by atoms with Gasteiger partial charge in [-0.2, -0.15) is 4.31 Å². The SMILES string of the molecule is O=S(=O)(C1CC1)N1CCN(CCn2ccnc2)CC1. The molecule has 2 fully saturated rings. The van der Waals surface area contributed by atoms with Crippen LogP contribution in [0.4, 0.5) is 0 Å². The van der Waals surface area contributed by atoms with Crippen LogP contribution in [0.15, 0.2) is 18.7 Å². The third-order valence-corrected chi connectivity index (χ3v) is 6.27. The summed E-state index contributed by atoms with van der Waals surface area (Å²) in [5.41, 5.74) is 0. The van der Waals surface area contributed by atoms with E-state index in [0.717, 1.165) is 39.0 Å². The van der Waals surface area contributed by atoms with Gasteiger partial charge in [-0.05, 0) is 12.8 Å². The number of piperazine rings is 1. The summed E-state index contributed by atoms with van der Waals surface area (Å²) in [5, 5.41) is -0.0787. The standard InChI is InChI=1S/C12H20N4O2S/c17-19(18,12-1-2-12)16-9-7-14(8-10-16)5-6-15-4-3-13-11-15/h3-4,11-12H,1-2,5-10H2. The molecule has 0 N–H and O–H groups in total. The van der Waals surface area contributed by atoms with Gasteiger partial charge in [0.2, 0.25) is 10.0 Å². The van der Waals surface area contributed by atoms with E-state index in [2.05, 4.69) is 9.88 Å². The molecule has 1 aliphatic heterocycles. The number of rotatable bonds is 5. The zero-order chi connectivity index (χ0) is 13.3. The molecule has 6 nitrogen and oxygen atoms in total. The summed E-state index contributed by atoms with van der Waals surface area (Å²) in [5.74, 6) is 0. The molecule has 19 heavy (non-hydrogen) atoms. The van der Waals surface area contributed by atoms with Crippen molar-refractivity contribution in [1.29, 1.82) is 0 Å². The van der Waals surface area contributed by atoms with Gasteiger partial charge in [0, 0.05) is 51.7 Å². The van der Waals surface area contributed by atoms with Crippen molar-refractivity contribution in [3.8, 4) is 0 Å². The molecule has 1 aliphatic carbocycles. The van der Waals surface area contributed by atoms with Crippen molar-refractivity contribution in [2.24, 2.45) is 0 Å². The quantitative estimate of drug-likeness (QED) is 0.763. The third-order valence-electron chi connectivity index (χ3n) is 3.87. The van der Waals surface area contributed by atoms with Gasteiger partial charge in [0.1, 0.15) is 0 Å². The average molecular weight is 284 g/mol. The van der Waals surface area contributed by atoms with Crippen molar-refractivity contribution in [3.63, 3.8) is 0 Å². The first kappa shape index (κ1) is 13.1. The molecule has 2 heterocycles. The molecule has 0 aromatic carbocycles. The summed E-state index contributed by atoms with van der Waals surface area (Å²) in [6.07, 6.45) is 7.24. The van der Waals surface area contributed by atoms with Crippen LogP contribution in [0.2, 0.25) is 0 Å². The van der Waals surface area contributed by atoms with Crippen molar-refractivity contribution in [1.82, 2.24) is 18.8 Å². The molecule has 0 spiro atoms. The van der Waals surface area contributed by atoms with Gasteiger partial charge in [-0.15, -0.1) is 0 Å². The summed E-state index contributed by atoms with van der Waals surface area (Å²) in [4.78, 5) is 6.33. The Morgan fingerprint density at radius 3 is 2.42 bits per heavy atom. The average Bonchev–Trinajstić information content (AvgIpc) is 3.16. The van der Waals surface area contributed by atoms with Gasteiger partial charge in [0.05, 0.1) is 11.6 Å². The highest BCUT2D eigenvalue weighted by Crippen LogP contribution is 2.31. The largest absolute Gasteiger partial charge is 0.336 e. The summed E-state index contributed by atoms with van der Waals surface area (Å²) < 4.78 is 27.9. The molecular weight excluding hydrogens is 264 g/mol. The zero-order valence-corrected chi connectivity index (χ0v) is 11.8. The lowest BCUT2D eigenvalue weighted by atomic mass is 10.3. The fourth-order valence-electron chi connectivity index (χ4n) is 2.46. The Hall–Kier alpha value is -0.920. The number of aromatic nitrogens is 2. The Kier molecular flexibility index (Phi) is 3.60. The minimum atomic E-state index is -2.98. The Labute approximate surface area is 114 Å². The number of hydrogen-bond acceptors (Lipinski definition) is 4. The lowest BCUT2D eigenvalue weighted by molar-refractivity contribution is 0.182. The molecule has 1 saturated carbocycles. The van der Waals surface area contributed by atoms with Gasteiger partial charge in [-0.25, -0.2) is 13.4 Å². The maximum atomic E-state index is 12.1. The van der Waals surface area contributed by atoms with Gasteiger partial charge in [-0.1, -0.05) is 0 Å². The van der Waals surface area contributed by atoms with Crippen LogP contribution in [0.25, 0.3) is 0 Å². The topological polar surface area (TPSA) is 58.4 Å². The van der Waals surface area contributed by atoms with Crippen LogP contribution in [-0.2, 0) is 16.6 Å². The van der Waals surface area contributed by atoms with Gasteiger partial charge in [-0.3, -0.25) is 4.90 Å². The molecule has 0 atom stereocenters. The lowest BCUT2D eigenvalue weighted by Crippen LogP contribution is -2.50. The van der Waals surface area contributed by atoms with Gasteiger partial charge < -0.3 is 4.57 Å². The molecule has 7 heteroatoms. The summed E-state index contributed by atoms with van der Waals surface area (Å²) in [6.45, 7) is 4.82. The molecule has 0 bridgehead atoms. The van der Waals surface area contributed by atoms with Crippen LogP contribution >= 0.6 is 0 Å². The Morgan fingerprint density at radius 1 is 1.11 bits per heavy atom. The Balaban J connectivity index is 1.47. The van der Waals surface area contributed by atoms with E-state index < -0.39 is 10.0 Å². The van der Waals surface area contributed by atoms with E-state index >= 15 is 0 Å². The van der Waals surface area contributed by atoms with Crippen molar-refractivity contribution < 1.29 is 8.42 Å². The van der Waals surface area contributed by atoms with E-state index in [-0.39, 0.29) is 5.25 Å². The van der Waals surface area contributed by atoms with E-state index in [1.54, 1.807) is 10.5 Å². The van der Waals surface area contributed by atoms with Crippen molar-refractivity contribution in [2.75, 3.05) is 32.7 Å². The second-order valence-electron chi connectivity index (χ2n) is 5.29. The van der Waals surface area contributed by atoms with Gasteiger partial charge in [0.25, 0.3) is 0 Å². The highest BCUT2D eigenvalue weighted by Gasteiger charge is 2.40. The van der Waals surface area contributed by atoms with Crippen LogP contribution in [0, 0.1) is 0 Å². The normalized spacial score (nSPS) is 22.7. The molecule has 1 aromatic heterocycles. The summed E-state index contributed by atoms with van der Waals surface area (Å²) in [6, 6.07) is 0. The van der Waals surface area contributed by atoms with Crippen LogP contribution in [-0.4, -0.2) is 65.1 Å². The minimum absolute atomic E-state index is 0.0787. The predicted molar refractivity (Wildman–Crippen MR) is 72.2 cm³/mol. The van der Waals surface area contributed by atoms with Crippen molar-refractivity contribution in [2.45, 2.75) is 24.6 Å². The van der Waals surface area contributed by atoms with E-state index in [4.69, 9.17) is 0 Å². The molecule has 3 rings (SSSR count). The highest BCUT2D eigenvalue weighted by molar-refractivity contribution is 7.90. The molecule has 106 valence electrons. The predicted octanol–water partition coefficient (Wildman–Crippen LogP) is -0.00710. The fraction of sp³-hybridized carbons (Fsp3) is 0.750. The summed E-state index contributed by atoms with van der Waals surface area (Å²) in [7, 11) is -2.98. The van der Waals surface area contributed by atoms with Crippen molar-refractivity contribution >= 4 is 10.0 Å². The molecule has 0 amide bonds. The smallest absolute Gasteiger partial charge is 0.217 e. The number of hydrogen-bond donors (Lipinski definition) is 0. The first-order valence-electron chi connectivity index (χ1n) is 6.83. The minimum Gasteiger partial charge on any atom is -0.336 e. The number of sulfonamides is 1. The highest BCUT2D eigenvalue weighted by atomic mass is 32.2. The first-order chi connectivity index (χ1) is 9.16. The van der Waals surface area contributed by atoms with Crippen LogP contribution in [0.1, 0.15) is 12.8 Å². The monoisotopic (exact) mass is 284 g/mol. The van der Waals surface area contributed by atoms with E-state index in [1.807, 2.05) is 17.1 Å². The van der Waals surface area contributed by atoms with E-state index in [0.29, 0.717) is 13.1 Å². The molecule has 0 unspecified atom stereocenters. The lowest BCUT2D eigenvalue weighted by Gasteiger charge is -2.34. The molecule has 0 radical (unpaired) electrons. The number of nitrogens with zero attached hydrogens (tertiary/aromatic N) is 4. The maximum Gasteiger partial charge on any atom is 0.217 e. The molecule has 1 saturated heterocycles. The third kappa shape index (κ3) is 2.98. The van der Waals surface area contributed by atoms with Gasteiger partial charge >= 0.3 is 0 Å². The van der Waals surface area contributed by atoms with Crippen LogP contribution < -0.4 is 0 Å². The van der Waals surface area contributed by atoms with E-state index in [9.17, 15) is 8.42 Å². The fourth-order valence-corrected chi connectivity index (χ4v) is 4.29. The molecule has 1 aromatic rings. The van der Waals surface area contributed by atoms with Crippen molar-refractivity contribution in [3.05, 3.63) is 18.7 Å². The molecular formula is C12H20N4O2S. The molecule has 2 aliphatic rings. The summed E-state index contributed by atoms with van der Waals surface area (Å²) >= 11 is 0. The first-order valence-corrected chi connectivity index (χ1v) is 8.33. The second-order valence-corrected chi connectivity index (χ2v) is 7.50. The van der Waals surface area contributed by atoms with Gasteiger partial charge in [0.15, 0.2) is 0 Å². The van der Waals surface area contributed by atoms with E-state index in [1.165, 1.54) is 0 Å².